The number of hydrogen-bond donors (Lipinski definition) is 1. The predicted molar refractivity (Wildman–Crippen MR) is 105 cm³/mol. The first kappa shape index (κ1) is 18.6. The summed E-state index contributed by atoms with van der Waals surface area (Å²) in [4.78, 5) is 12.4. The van der Waals surface area contributed by atoms with Gasteiger partial charge in [-0.2, -0.15) is 5.10 Å². The molecule has 1 heterocycles. The van der Waals surface area contributed by atoms with Crippen molar-refractivity contribution < 1.29 is 13.6 Å². The van der Waals surface area contributed by atoms with Gasteiger partial charge in [-0.15, -0.1) is 0 Å². The lowest BCUT2D eigenvalue weighted by Gasteiger charge is -2.09. The third kappa shape index (κ3) is 3.92. The number of alkyl halides is 2. The molecule has 3 aromatic rings. The zero-order valence-corrected chi connectivity index (χ0v) is 15.7. The maximum atomic E-state index is 13.1. The van der Waals surface area contributed by atoms with Crippen LogP contribution in [0.1, 0.15) is 36.6 Å². The quantitative estimate of drug-likeness (QED) is 0.579. The van der Waals surface area contributed by atoms with Gasteiger partial charge in [0.2, 0.25) is 5.91 Å². The zero-order valence-electron chi connectivity index (χ0n) is 14.9. The van der Waals surface area contributed by atoms with Gasteiger partial charge >= 0.3 is 0 Å². The molecule has 2 aromatic carbocycles. The molecule has 0 radical (unpaired) electrons. The van der Waals surface area contributed by atoms with Gasteiger partial charge in [0.1, 0.15) is 12.2 Å². The highest BCUT2D eigenvalue weighted by Crippen LogP contribution is 2.45. The van der Waals surface area contributed by atoms with Gasteiger partial charge in [0, 0.05) is 11.6 Å². The Morgan fingerprint density at radius 3 is 2.36 bits per heavy atom. The van der Waals surface area contributed by atoms with Crippen LogP contribution in [0, 0.1) is 0 Å². The minimum atomic E-state index is -2.76. The molecule has 1 amide bonds. The molecule has 0 saturated heterocycles. The Hall–Kier alpha value is -2.73. The molecule has 1 N–H and O–H groups in total. The van der Waals surface area contributed by atoms with E-state index in [1.807, 2.05) is 54.6 Å². The van der Waals surface area contributed by atoms with Crippen molar-refractivity contribution in [1.82, 2.24) is 9.78 Å². The second-order valence-electron chi connectivity index (χ2n) is 6.81. The molecule has 28 heavy (non-hydrogen) atoms. The molecule has 4 nitrogen and oxygen atoms in total. The monoisotopic (exact) mass is 401 g/mol. The Morgan fingerprint density at radius 1 is 1.11 bits per heavy atom. The third-order valence-corrected chi connectivity index (χ3v) is 5.08. The summed E-state index contributed by atoms with van der Waals surface area (Å²) in [6, 6.07) is 17.3. The Morgan fingerprint density at radius 2 is 1.75 bits per heavy atom. The van der Waals surface area contributed by atoms with Crippen molar-refractivity contribution >= 4 is 23.2 Å². The van der Waals surface area contributed by atoms with E-state index in [0.717, 1.165) is 24.0 Å². The number of rotatable bonds is 6. The van der Waals surface area contributed by atoms with Crippen molar-refractivity contribution in [2.24, 2.45) is 0 Å². The van der Waals surface area contributed by atoms with Crippen LogP contribution in [0.2, 0.25) is 5.02 Å². The van der Waals surface area contributed by atoms with Crippen molar-refractivity contribution in [2.75, 3.05) is 5.32 Å². The fourth-order valence-corrected chi connectivity index (χ4v) is 3.56. The molecule has 1 aliphatic carbocycles. The van der Waals surface area contributed by atoms with Gasteiger partial charge in [-0.1, -0.05) is 54.1 Å². The highest BCUT2D eigenvalue weighted by atomic mass is 35.5. The number of carbonyl (C=O) groups excluding carboxylic acids is 1. The van der Waals surface area contributed by atoms with Crippen LogP contribution >= 0.6 is 11.6 Å². The Labute approximate surface area is 166 Å². The van der Waals surface area contributed by atoms with Crippen LogP contribution in [0.25, 0.3) is 11.1 Å². The van der Waals surface area contributed by atoms with E-state index in [1.165, 1.54) is 4.68 Å². The molecule has 0 bridgehead atoms. The van der Waals surface area contributed by atoms with E-state index in [9.17, 15) is 13.6 Å². The minimum absolute atomic E-state index is 0.0162. The van der Waals surface area contributed by atoms with Crippen molar-refractivity contribution in [3.05, 3.63) is 71.0 Å². The number of nitrogens with one attached hydrogen (secondary N) is 1. The number of anilines is 1. The summed E-state index contributed by atoms with van der Waals surface area (Å²) >= 11 is 6.08. The lowest BCUT2D eigenvalue weighted by molar-refractivity contribution is -0.117. The van der Waals surface area contributed by atoms with E-state index in [-0.39, 0.29) is 23.4 Å². The standard InChI is InChI=1S/C21H18ClF2N3O/c22-18-19(21(23)24)26-27(20(18)15-6-7-15)12-17(28)25-16-10-8-14(9-11-16)13-4-2-1-3-5-13/h1-5,8-11,15,21H,6-7,12H2,(H,25,28). The fraction of sp³-hybridized carbons (Fsp3) is 0.238. The highest BCUT2D eigenvalue weighted by molar-refractivity contribution is 6.32. The SMILES string of the molecule is O=C(Cn1nc(C(F)F)c(Cl)c1C1CC1)Nc1ccc(-c2ccccc2)cc1. The number of hydrogen-bond acceptors (Lipinski definition) is 2. The molecule has 0 unspecified atom stereocenters. The summed E-state index contributed by atoms with van der Waals surface area (Å²) < 4.78 is 27.5. The first-order chi connectivity index (χ1) is 13.5. The van der Waals surface area contributed by atoms with Crippen LogP contribution in [0.15, 0.2) is 54.6 Å². The molecule has 0 spiro atoms. The number of carbonyl (C=O) groups is 1. The largest absolute Gasteiger partial charge is 0.324 e. The lowest BCUT2D eigenvalue weighted by atomic mass is 10.1. The van der Waals surface area contributed by atoms with E-state index < -0.39 is 12.1 Å². The Bertz CT molecular complexity index is 983. The summed E-state index contributed by atoms with van der Waals surface area (Å²) in [5, 5.41) is 6.65. The van der Waals surface area contributed by atoms with Gasteiger partial charge in [-0.3, -0.25) is 9.48 Å². The van der Waals surface area contributed by atoms with Crippen molar-refractivity contribution in [3.8, 4) is 11.1 Å². The average Bonchev–Trinajstić information content (AvgIpc) is 3.46. The molecule has 7 heteroatoms. The second kappa shape index (κ2) is 7.72. The highest BCUT2D eigenvalue weighted by Gasteiger charge is 2.34. The molecule has 0 atom stereocenters. The van der Waals surface area contributed by atoms with E-state index in [4.69, 9.17) is 11.6 Å². The molecule has 0 aliphatic heterocycles. The minimum Gasteiger partial charge on any atom is -0.324 e. The molecular formula is C21H18ClF2N3O. The van der Waals surface area contributed by atoms with Crippen LogP contribution in [0.5, 0.6) is 0 Å². The fourth-order valence-electron chi connectivity index (χ4n) is 3.19. The van der Waals surface area contributed by atoms with Gasteiger partial charge in [0.05, 0.1) is 10.7 Å². The number of benzene rings is 2. The van der Waals surface area contributed by atoms with E-state index >= 15 is 0 Å². The summed E-state index contributed by atoms with van der Waals surface area (Å²) in [5.41, 5.74) is 2.83. The molecular weight excluding hydrogens is 384 g/mol. The summed E-state index contributed by atoms with van der Waals surface area (Å²) in [7, 11) is 0. The maximum absolute atomic E-state index is 13.1. The average molecular weight is 402 g/mol. The topological polar surface area (TPSA) is 46.9 Å². The molecule has 1 aromatic heterocycles. The van der Waals surface area contributed by atoms with Crippen LogP contribution in [-0.4, -0.2) is 15.7 Å². The van der Waals surface area contributed by atoms with Crippen LogP contribution in [0.3, 0.4) is 0 Å². The molecule has 1 fully saturated rings. The van der Waals surface area contributed by atoms with Gasteiger partial charge < -0.3 is 5.32 Å². The van der Waals surface area contributed by atoms with Crippen molar-refractivity contribution in [2.45, 2.75) is 31.7 Å². The number of halogens is 3. The number of nitrogens with zero attached hydrogens (tertiary/aromatic N) is 2. The van der Waals surface area contributed by atoms with E-state index in [1.54, 1.807) is 0 Å². The van der Waals surface area contributed by atoms with Crippen molar-refractivity contribution in [3.63, 3.8) is 0 Å². The zero-order chi connectivity index (χ0) is 19.7. The first-order valence-corrected chi connectivity index (χ1v) is 9.40. The lowest BCUT2D eigenvalue weighted by Crippen LogP contribution is -2.21. The maximum Gasteiger partial charge on any atom is 0.283 e. The smallest absolute Gasteiger partial charge is 0.283 e. The number of aromatic nitrogens is 2. The third-order valence-electron chi connectivity index (χ3n) is 4.70. The predicted octanol–water partition coefficient (Wildman–Crippen LogP) is 5.66. The van der Waals surface area contributed by atoms with Crippen LogP contribution < -0.4 is 5.32 Å². The Balaban J connectivity index is 1.47. The summed E-state index contributed by atoms with van der Waals surface area (Å²) in [6.45, 7) is -0.154. The second-order valence-corrected chi connectivity index (χ2v) is 7.19. The summed E-state index contributed by atoms with van der Waals surface area (Å²) in [6.07, 6.45) is -1.02. The molecule has 1 saturated carbocycles. The molecule has 1 aliphatic rings. The van der Waals surface area contributed by atoms with Gasteiger partial charge in [0.15, 0.2) is 0 Å². The summed E-state index contributed by atoms with van der Waals surface area (Å²) in [5.74, 6) is -0.236. The van der Waals surface area contributed by atoms with Crippen molar-refractivity contribution in [1.29, 1.82) is 0 Å². The van der Waals surface area contributed by atoms with E-state index in [2.05, 4.69) is 10.4 Å². The first-order valence-electron chi connectivity index (χ1n) is 9.02. The van der Waals surface area contributed by atoms with E-state index in [0.29, 0.717) is 11.4 Å². The number of amides is 1. The molecule has 144 valence electrons. The van der Waals surface area contributed by atoms with Crippen LogP contribution in [-0.2, 0) is 11.3 Å². The van der Waals surface area contributed by atoms with Gasteiger partial charge in [-0.25, -0.2) is 8.78 Å². The van der Waals surface area contributed by atoms with Crippen LogP contribution in [0.4, 0.5) is 14.5 Å². The Kier molecular flexibility index (Phi) is 5.13. The van der Waals surface area contributed by atoms with Gasteiger partial charge in [0.25, 0.3) is 6.43 Å². The normalized spacial score (nSPS) is 13.7. The van der Waals surface area contributed by atoms with Gasteiger partial charge in [-0.05, 0) is 36.1 Å². The molecule has 4 rings (SSSR count).